The number of ether oxygens (including phenoxy) is 1. The van der Waals surface area contributed by atoms with E-state index in [0.717, 1.165) is 50.5 Å². The van der Waals surface area contributed by atoms with Crippen LogP contribution in [0.5, 0.6) is 0 Å². The van der Waals surface area contributed by atoms with Gasteiger partial charge in [-0.05, 0) is 93.3 Å². The predicted octanol–water partition coefficient (Wildman–Crippen LogP) is 6.83. The second-order valence-electron chi connectivity index (χ2n) is 13.3. The van der Waals surface area contributed by atoms with Crippen LogP contribution >= 0.6 is 0 Å². The average Bonchev–Trinajstić information content (AvgIpc) is 3.69. The monoisotopic (exact) mass is 567 g/mol. The van der Waals surface area contributed by atoms with E-state index in [-0.39, 0.29) is 48.2 Å². The lowest BCUT2D eigenvalue weighted by Crippen LogP contribution is -2.48. The third kappa shape index (κ3) is 5.23. The molecule has 4 aliphatic rings. The quantitative estimate of drug-likeness (QED) is 0.344. The summed E-state index contributed by atoms with van der Waals surface area (Å²) in [4.78, 5) is 42.7. The molecule has 6 rings (SSSR count). The second kappa shape index (κ2) is 11.2. The van der Waals surface area contributed by atoms with Gasteiger partial charge in [0, 0.05) is 28.4 Å². The number of Topliss-reactive ketones (excluding diaryl/α,β-unsaturated/α-hetero) is 1. The van der Waals surface area contributed by atoms with Gasteiger partial charge in [-0.25, -0.2) is 4.79 Å². The summed E-state index contributed by atoms with van der Waals surface area (Å²) in [7, 11) is 0. The summed E-state index contributed by atoms with van der Waals surface area (Å²) < 4.78 is 44.1. The predicted molar refractivity (Wildman–Crippen MR) is 156 cm³/mol. The molecule has 2 aliphatic heterocycles. The normalized spacial score (nSPS) is 32.7. The first-order valence-corrected chi connectivity index (χ1v) is 15.7. The van der Waals surface area contributed by atoms with E-state index in [4.69, 9.17) is 8.85 Å². The van der Waals surface area contributed by atoms with Gasteiger partial charge in [-0.2, -0.15) is 0 Å². The molecule has 3 heterocycles. The molecule has 1 saturated heterocycles. The maximum atomic E-state index is 14.2. The Labute approximate surface area is 247 Å². The van der Waals surface area contributed by atoms with E-state index in [1.807, 2.05) is 24.0 Å². The molecule has 1 aromatic heterocycles. The number of alkyl halides is 1. The molecule has 0 N–H and O–H groups in total. The summed E-state index contributed by atoms with van der Waals surface area (Å²) >= 11 is 0. The van der Waals surface area contributed by atoms with Crippen molar-refractivity contribution in [1.82, 2.24) is 9.47 Å². The van der Waals surface area contributed by atoms with Crippen molar-refractivity contribution in [2.75, 3.05) is 13.2 Å². The molecule has 1 unspecified atom stereocenters. The Bertz CT molecular complexity index is 1430. The molecule has 2 aliphatic carbocycles. The van der Waals surface area contributed by atoms with Crippen LogP contribution in [-0.2, 0) is 26.5 Å². The number of likely N-dealkylation sites (tertiary alicyclic amines) is 1. The summed E-state index contributed by atoms with van der Waals surface area (Å²) in [5.41, 5.74) is -0.281. The minimum Gasteiger partial charge on any atom is -0.434 e. The number of esters is 1. The number of benzene rings is 1. The minimum atomic E-state index is -2.56. The van der Waals surface area contributed by atoms with Gasteiger partial charge in [0.05, 0.1) is 18.2 Å². The van der Waals surface area contributed by atoms with Crippen LogP contribution in [0.4, 0.5) is 4.39 Å². The van der Waals surface area contributed by atoms with Gasteiger partial charge in [-0.3, -0.25) is 18.5 Å². The molecule has 1 aromatic carbocycles. The van der Waals surface area contributed by atoms with Gasteiger partial charge >= 0.3 is 5.97 Å². The fourth-order valence-electron chi connectivity index (χ4n) is 8.40. The van der Waals surface area contributed by atoms with Crippen LogP contribution in [0.1, 0.15) is 105 Å². The van der Waals surface area contributed by atoms with E-state index in [2.05, 4.69) is 0 Å². The molecule has 3 fully saturated rings. The number of amides is 1. The van der Waals surface area contributed by atoms with Crippen LogP contribution in [0.15, 0.2) is 24.3 Å². The Hall–Kier alpha value is -2.70. The summed E-state index contributed by atoms with van der Waals surface area (Å²) in [5, 5.41) is 0.680. The first-order valence-electron chi connectivity index (χ1n) is 17.2. The number of hydrogen-bond donors (Lipinski definition) is 0. The smallest absolute Gasteiger partial charge is 0.357 e. The number of nitrogens with zero attached hydrogens (tertiary/aromatic N) is 2. The minimum absolute atomic E-state index is 0.0232. The fraction of sp³-hybridized carbons (Fsp3) is 0.676. The standard InChI is InChI=1S/C34H45FN2O4/c1-21(20-35)23-10-12-25(13-11-23)32(39)36-16-15-27(24-7-5-4-6-8-24)31(36)30(38)18-22-9-14-28-26(17-22)19-29-33(40)41-34(2,3)37(28)29/h9,14,17,19,21,23-25,27,31H,4-8,10-13,15-16,18,20H2,1-3H3/t21-,23?,25?,27+,31+/m1/s1/i2D3/t21-,23?,25?,27+,31+,34?. The zero-order valence-corrected chi connectivity index (χ0v) is 24.4. The van der Waals surface area contributed by atoms with Crippen LogP contribution in [0, 0.1) is 29.6 Å². The molecule has 4 atom stereocenters. The van der Waals surface area contributed by atoms with Gasteiger partial charge in [-0.15, -0.1) is 0 Å². The Balaban J connectivity index is 1.24. The van der Waals surface area contributed by atoms with Crippen molar-refractivity contribution in [3.63, 3.8) is 0 Å². The van der Waals surface area contributed by atoms with Crippen LogP contribution < -0.4 is 0 Å². The molecule has 0 spiro atoms. The Kier molecular flexibility index (Phi) is 6.78. The highest BCUT2D eigenvalue weighted by molar-refractivity contribution is 5.98. The number of ketones is 1. The fourth-order valence-corrected chi connectivity index (χ4v) is 8.40. The Morgan fingerprint density at radius 3 is 2.56 bits per heavy atom. The lowest BCUT2D eigenvalue weighted by molar-refractivity contribution is -0.143. The van der Waals surface area contributed by atoms with Crippen LogP contribution in [0.2, 0.25) is 0 Å². The highest BCUT2D eigenvalue weighted by Gasteiger charge is 2.46. The Morgan fingerprint density at radius 2 is 1.85 bits per heavy atom. The van der Waals surface area contributed by atoms with Gasteiger partial charge in [0.1, 0.15) is 5.69 Å². The topological polar surface area (TPSA) is 68.6 Å². The maximum absolute atomic E-state index is 14.2. The zero-order valence-electron chi connectivity index (χ0n) is 27.4. The summed E-state index contributed by atoms with van der Waals surface area (Å²) in [6, 6.07) is 6.63. The van der Waals surface area contributed by atoms with E-state index in [0.29, 0.717) is 29.3 Å². The van der Waals surface area contributed by atoms with Gasteiger partial charge in [0.15, 0.2) is 11.5 Å². The zero-order chi connectivity index (χ0) is 31.4. The Morgan fingerprint density at radius 1 is 1.10 bits per heavy atom. The van der Waals surface area contributed by atoms with Gasteiger partial charge in [0.25, 0.3) is 0 Å². The number of rotatable bonds is 7. The average molecular weight is 568 g/mol. The molecule has 7 heteroatoms. The number of aromatic nitrogens is 1. The highest BCUT2D eigenvalue weighted by atomic mass is 19.1. The van der Waals surface area contributed by atoms with Gasteiger partial charge in [0.2, 0.25) is 5.91 Å². The number of hydrogen-bond acceptors (Lipinski definition) is 4. The van der Waals surface area contributed by atoms with Gasteiger partial charge in [-0.1, -0.05) is 45.1 Å². The summed E-state index contributed by atoms with van der Waals surface area (Å²) in [5.74, 6) is 0.296. The summed E-state index contributed by atoms with van der Waals surface area (Å²) in [6.07, 6.45) is 10.00. The van der Waals surface area contributed by atoms with Crippen molar-refractivity contribution in [2.24, 2.45) is 29.6 Å². The van der Waals surface area contributed by atoms with Crippen molar-refractivity contribution in [3.05, 3.63) is 35.5 Å². The van der Waals surface area contributed by atoms with Crippen molar-refractivity contribution in [3.8, 4) is 0 Å². The lowest BCUT2D eigenvalue weighted by Gasteiger charge is -2.37. The first-order chi connectivity index (χ1) is 20.9. The third-order valence-corrected chi connectivity index (χ3v) is 10.7. The molecule has 6 nitrogen and oxygen atoms in total. The molecular weight excluding hydrogens is 519 g/mol. The molecule has 2 saturated carbocycles. The lowest BCUT2D eigenvalue weighted by atomic mass is 9.74. The molecule has 1 amide bonds. The highest BCUT2D eigenvalue weighted by Crippen LogP contribution is 2.42. The molecular formula is C34H45FN2O4. The molecule has 41 heavy (non-hydrogen) atoms. The van der Waals surface area contributed by atoms with Gasteiger partial charge < -0.3 is 9.64 Å². The molecule has 0 radical (unpaired) electrons. The van der Waals surface area contributed by atoms with E-state index in [1.165, 1.54) is 30.8 Å². The van der Waals surface area contributed by atoms with E-state index in [1.54, 1.807) is 12.1 Å². The molecule has 0 bridgehead atoms. The number of halogens is 1. The van der Waals surface area contributed by atoms with Crippen LogP contribution in [0.25, 0.3) is 10.9 Å². The van der Waals surface area contributed by atoms with Crippen molar-refractivity contribution in [1.29, 1.82) is 0 Å². The molecule has 2 aromatic rings. The maximum Gasteiger partial charge on any atom is 0.357 e. The SMILES string of the molecule is [2H]C([2H])([2H])C1(C)OC(=O)c2cc3cc(CC(=O)[C@@H]4[C@H](C5CCCCC5)CCN4C(=O)C4CCC([C@H](C)CF)CC4)ccc3n21. The largest absolute Gasteiger partial charge is 0.434 e. The summed E-state index contributed by atoms with van der Waals surface area (Å²) in [6.45, 7) is 1.07. The number of cyclic esters (lactones) is 1. The second-order valence-corrected chi connectivity index (χ2v) is 13.3. The number of fused-ring (bicyclic) bond motifs is 3. The van der Waals surface area contributed by atoms with Crippen molar-refractivity contribution in [2.45, 2.75) is 103 Å². The number of carbonyl (C=O) groups excluding carboxylic acids is 3. The third-order valence-electron chi connectivity index (χ3n) is 10.7. The van der Waals surface area contributed by atoms with E-state index >= 15 is 0 Å². The van der Waals surface area contributed by atoms with E-state index < -0.39 is 24.6 Å². The molecule has 222 valence electrons. The van der Waals surface area contributed by atoms with Crippen molar-refractivity contribution < 1.29 is 27.6 Å². The van der Waals surface area contributed by atoms with E-state index in [9.17, 15) is 18.8 Å². The van der Waals surface area contributed by atoms with Crippen molar-refractivity contribution >= 4 is 28.6 Å². The van der Waals surface area contributed by atoms with Crippen LogP contribution in [0.3, 0.4) is 0 Å². The van der Waals surface area contributed by atoms with Crippen LogP contribution in [-0.4, -0.2) is 46.4 Å². The first kappa shape index (κ1) is 24.9. The number of carbonyl (C=O) groups is 3.